The van der Waals surface area contributed by atoms with Crippen molar-refractivity contribution in [3.8, 4) is 11.4 Å². The molecule has 1 fully saturated rings. The van der Waals surface area contributed by atoms with Gasteiger partial charge in [-0.25, -0.2) is 9.97 Å². The Morgan fingerprint density at radius 1 is 1.09 bits per heavy atom. The third-order valence-corrected chi connectivity index (χ3v) is 7.74. The number of fused-ring (bicyclic) bond motifs is 1. The SMILES string of the molecule is O=C(O)[C@@]1(NS(=O)(=O)N2CCc3nc(-c4ccccc4)ncc3C2)C[C@H]1c1ccccc1. The Hall–Kier alpha value is -3.14. The molecule has 32 heavy (non-hydrogen) atoms. The molecule has 2 atom stereocenters. The highest BCUT2D eigenvalue weighted by molar-refractivity contribution is 7.87. The molecule has 8 nitrogen and oxygen atoms in total. The Kier molecular flexibility index (Phi) is 5.04. The average molecular weight is 451 g/mol. The number of nitrogens with zero attached hydrogens (tertiary/aromatic N) is 3. The van der Waals surface area contributed by atoms with Gasteiger partial charge in [-0.1, -0.05) is 60.7 Å². The van der Waals surface area contributed by atoms with Gasteiger partial charge in [-0.3, -0.25) is 4.79 Å². The Bertz CT molecular complexity index is 1270. The van der Waals surface area contributed by atoms with Crippen LogP contribution in [0.1, 0.15) is 29.2 Å². The lowest BCUT2D eigenvalue weighted by Crippen LogP contribution is -2.52. The van der Waals surface area contributed by atoms with Gasteiger partial charge < -0.3 is 5.11 Å². The van der Waals surface area contributed by atoms with Gasteiger partial charge in [-0.15, -0.1) is 0 Å². The Morgan fingerprint density at radius 2 is 1.78 bits per heavy atom. The molecule has 0 saturated heterocycles. The predicted molar refractivity (Wildman–Crippen MR) is 118 cm³/mol. The van der Waals surface area contributed by atoms with Crippen molar-refractivity contribution in [3.63, 3.8) is 0 Å². The van der Waals surface area contributed by atoms with E-state index in [2.05, 4.69) is 14.7 Å². The normalized spacial score (nSPS) is 22.8. The summed E-state index contributed by atoms with van der Waals surface area (Å²) in [4.78, 5) is 21.1. The number of carboxylic acids is 1. The zero-order valence-electron chi connectivity index (χ0n) is 17.2. The minimum Gasteiger partial charge on any atom is -0.480 e. The lowest BCUT2D eigenvalue weighted by atomic mass is 10.1. The van der Waals surface area contributed by atoms with Gasteiger partial charge >= 0.3 is 5.97 Å². The van der Waals surface area contributed by atoms with Gasteiger partial charge in [-0.2, -0.15) is 17.4 Å². The molecular formula is C23H22N4O4S. The number of nitrogens with one attached hydrogen (secondary N) is 1. The minimum atomic E-state index is -4.02. The highest BCUT2D eigenvalue weighted by Gasteiger charge is 2.63. The number of aromatic nitrogens is 2. The van der Waals surface area contributed by atoms with Crippen LogP contribution in [0.4, 0.5) is 0 Å². The summed E-state index contributed by atoms with van der Waals surface area (Å²) < 4.78 is 30.0. The molecule has 2 heterocycles. The third kappa shape index (κ3) is 3.68. The average Bonchev–Trinajstić information content (AvgIpc) is 3.54. The first kappa shape index (κ1) is 20.7. The summed E-state index contributed by atoms with van der Waals surface area (Å²) in [5, 5.41) is 9.83. The van der Waals surface area contributed by atoms with E-state index < -0.39 is 27.6 Å². The Labute approximate surface area is 186 Å². The molecular weight excluding hydrogens is 428 g/mol. The fraction of sp³-hybridized carbons (Fsp3) is 0.261. The van der Waals surface area contributed by atoms with Crippen LogP contribution in [-0.2, 0) is 28.0 Å². The quantitative estimate of drug-likeness (QED) is 0.596. The molecule has 2 aliphatic rings. The van der Waals surface area contributed by atoms with Crippen LogP contribution in [0.3, 0.4) is 0 Å². The van der Waals surface area contributed by atoms with Crippen LogP contribution < -0.4 is 4.72 Å². The molecule has 3 aromatic rings. The number of hydrogen-bond donors (Lipinski definition) is 2. The monoisotopic (exact) mass is 450 g/mol. The molecule has 1 saturated carbocycles. The van der Waals surface area contributed by atoms with Gasteiger partial charge in [0.05, 0.1) is 5.69 Å². The third-order valence-electron chi connectivity index (χ3n) is 6.13. The predicted octanol–water partition coefficient (Wildman–Crippen LogP) is 2.35. The van der Waals surface area contributed by atoms with Crippen LogP contribution in [0.2, 0.25) is 0 Å². The standard InChI is InChI=1S/C23H22N4O4S/c28-22(29)23(13-19(23)16-7-3-1-4-8-16)26-32(30,31)27-12-11-20-18(15-27)14-24-21(25-20)17-9-5-2-6-10-17/h1-10,14,19,26H,11-13,15H2,(H,28,29)/t19-,23+/m0/s1. The molecule has 2 aromatic carbocycles. The van der Waals surface area contributed by atoms with Crippen molar-refractivity contribution in [1.82, 2.24) is 19.0 Å². The number of carbonyl (C=O) groups is 1. The van der Waals surface area contributed by atoms with Crippen LogP contribution >= 0.6 is 0 Å². The molecule has 1 aliphatic carbocycles. The van der Waals surface area contributed by atoms with Gasteiger partial charge in [0.15, 0.2) is 5.82 Å². The number of benzene rings is 2. The zero-order valence-corrected chi connectivity index (χ0v) is 18.0. The summed E-state index contributed by atoms with van der Waals surface area (Å²) in [6.45, 7) is 0.324. The second-order valence-corrected chi connectivity index (χ2v) is 9.84. The van der Waals surface area contributed by atoms with E-state index in [4.69, 9.17) is 0 Å². The van der Waals surface area contributed by atoms with Crippen molar-refractivity contribution in [3.05, 3.63) is 83.7 Å². The molecule has 5 rings (SSSR count). The number of rotatable bonds is 6. The fourth-order valence-corrected chi connectivity index (χ4v) is 5.80. The van der Waals surface area contributed by atoms with E-state index in [0.717, 1.165) is 22.4 Å². The van der Waals surface area contributed by atoms with E-state index >= 15 is 0 Å². The van der Waals surface area contributed by atoms with Crippen LogP contribution in [-0.4, -0.2) is 45.9 Å². The lowest BCUT2D eigenvalue weighted by molar-refractivity contribution is -0.140. The molecule has 0 bridgehead atoms. The second kappa shape index (κ2) is 7.77. The summed E-state index contributed by atoms with van der Waals surface area (Å²) in [5.74, 6) is -0.958. The van der Waals surface area contributed by atoms with E-state index in [1.807, 2.05) is 60.7 Å². The van der Waals surface area contributed by atoms with E-state index in [9.17, 15) is 18.3 Å². The highest BCUT2D eigenvalue weighted by atomic mass is 32.2. The number of hydrogen-bond acceptors (Lipinski definition) is 5. The maximum absolute atomic E-state index is 13.1. The van der Waals surface area contributed by atoms with Crippen molar-refractivity contribution >= 4 is 16.2 Å². The highest BCUT2D eigenvalue weighted by Crippen LogP contribution is 2.52. The largest absolute Gasteiger partial charge is 0.480 e. The van der Waals surface area contributed by atoms with Crippen LogP contribution in [0.5, 0.6) is 0 Å². The zero-order chi connectivity index (χ0) is 22.3. The molecule has 0 unspecified atom stereocenters. The Morgan fingerprint density at radius 3 is 2.47 bits per heavy atom. The molecule has 0 amide bonds. The van der Waals surface area contributed by atoms with E-state index in [1.165, 1.54) is 4.31 Å². The summed E-state index contributed by atoms with van der Waals surface area (Å²) in [5.41, 5.74) is 1.72. The van der Waals surface area contributed by atoms with Gasteiger partial charge in [0.1, 0.15) is 5.54 Å². The van der Waals surface area contributed by atoms with Crippen molar-refractivity contribution in [2.45, 2.75) is 30.8 Å². The number of carboxylic acid groups (broad SMARTS) is 1. The van der Waals surface area contributed by atoms with Crippen LogP contribution in [0.25, 0.3) is 11.4 Å². The minimum absolute atomic E-state index is 0.103. The maximum atomic E-state index is 13.1. The van der Waals surface area contributed by atoms with Crippen molar-refractivity contribution in [1.29, 1.82) is 0 Å². The van der Waals surface area contributed by atoms with Gasteiger partial charge in [-0.05, 0) is 12.0 Å². The second-order valence-electron chi connectivity index (χ2n) is 8.17. The molecule has 2 N–H and O–H groups in total. The van der Waals surface area contributed by atoms with Gasteiger partial charge in [0, 0.05) is 42.8 Å². The van der Waals surface area contributed by atoms with Crippen LogP contribution in [0.15, 0.2) is 66.9 Å². The molecule has 0 spiro atoms. The molecule has 0 radical (unpaired) electrons. The first-order chi connectivity index (χ1) is 15.4. The van der Waals surface area contributed by atoms with Gasteiger partial charge in [0.2, 0.25) is 0 Å². The fourth-order valence-electron chi connectivity index (χ4n) is 4.26. The maximum Gasteiger partial charge on any atom is 0.325 e. The molecule has 164 valence electrons. The lowest BCUT2D eigenvalue weighted by Gasteiger charge is -2.29. The van der Waals surface area contributed by atoms with E-state index in [-0.39, 0.29) is 19.5 Å². The van der Waals surface area contributed by atoms with Crippen molar-refractivity contribution in [2.24, 2.45) is 0 Å². The van der Waals surface area contributed by atoms with Gasteiger partial charge in [0.25, 0.3) is 10.2 Å². The first-order valence-electron chi connectivity index (χ1n) is 10.4. The van der Waals surface area contributed by atoms with Crippen LogP contribution in [0, 0.1) is 0 Å². The molecule has 1 aliphatic heterocycles. The number of aliphatic carboxylic acids is 1. The first-order valence-corrected chi connectivity index (χ1v) is 11.8. The smallest absolute Gasteiger partial charge is 0.325 e. The summed E-state index contributed by atoms with van der Waals surface area (Å²) in [6.07, 6.45) is 2.31. The summed E-state index contributed by atoms with van der Waals surface area (Å²) >= 11 is 0. The summed E-state index contributed by atoms with van der Waals surface area (Å²) in [6, 6.07) is 18.7. The molecule has 1 aromatic heterocycles. The van der Waals surface area contributed by atoms with E-state index in [1.54, 1.807) is 6.20 Å². The van der Waals surface area contributed by atoms with E-state index in [0.29, 0.717) is 12.2 Å². The Balaban J connectivity index is 1.35. The molecule has 9 heteroatoms. The topological polar surface area (TPSA) is 112 Å². The van der Waals surface area contributed by atoms with Crippen molar-refractivity contribution in [2.75, 3.05) is 6.54 Å². The van der Waals surface area contributed by atoms with Crippen molar-refractivity contribution < 1.29 is 18.3 Å². The summed E-state index contributed by atoms with van der Waals surface area (Å²) in [7, 11) is -4.02.